The molecule has 0 saturated carbocycles. The zero-order chi connectivity index (χ0) is 16.7. The number of fused-ring (bicyclic) bond motifs is 3. The van der Waals surface area contributed by atoms with E-state index < -0.39 is 0 Å². The Bertz CT molecular complexity index is 832. The van der Waals surface area contributed by atoms with Gasteiger partial charge in [-0.25, -0.2) is 0 Å². The van der Waals surface area contributed by atoms with Gasteiger partial charge in [-0.05, 0) is 31.3 Å². The Morgan fingerprint density at radius 3 is 1.64 bits per heavy atom. The second-order valence-electron chi connectivity index (χ2n) is 6.85. The van der Waals surface area contributed by atoms with Gasteiger partial charge in [0.2, 0.25) is 0 Å². The third kappa shape index (κ3) is 5.29. The van der Waals surface area contributed by atoms with Gasteiger partial charge in [-0.3, -0.25) is 4.90 Å². The molecule has 2 heterocycles. The molecule has 4 N–H and O–H groups in total. The number of likely N-dealkylation sites (N-methyl/N-ethyl adjacent to an activating group) is 1. The summed E-state index contributed by atoms with van der Waals surface area (Å²) in [5, 5.41) is 2.50. The molecule has 1 aliphatic heterocycles. The molecular formula is C19H29Cl4N5. The van der Waals surface area contributed by atoms with E-state index in [9.17, 15) is 0 Å². The van der Waals surface area contributed by atoms with Crippen LogP contribution >= 0.6 is 49.6 Å². The minimum Gasteiger partial charge on any atom is -0.399 e. The number of benzene rings is 2. The highest BCUT2D eigenvalue weighted by Crippen LogP contribution is 2.31. The smallest absolute Gasteiger partial charge is 0.0512 e. The number of piperazine rings is 1. The highest BCUT2D eigenvalue weighted by molar-refractivity contribution is 6.09. The zero-order valence-electron chi connectivity index (χ0n) is 15.8. The van der Waals surface area contributed by atoms with Crippen LogP contribution in [0.15, 0.2) is 36.4 Å². The van der Waals surface area contributed by atoms with Crippen LogP contribution in [0.5, 0.6) is 0 Å². The maximum atomic E-state index is 6.04. The van der Waals surface area contributed by atoms with Crippen LogP contribution in [0.1, 0.15) is 0 Å². The fraction of sp³-hybridized carbons (Fsp3) is 0.368. The van der Waals surface area contributed by atoms with Crippen LogP contribution < -0.4 is 11.5 Å². The number of aromatic nitrogens is 1. The fourth-order valence-corrected chi connectivity index (χ4v) is 3.68. The lowest BCUT2D eigenvalue weighted by Crippen LogP contribution is -2.45. The minimum atomic E-state index is 0. The summed E-state index contributed by atoms with van der Waals surface area (Å²) in [5.41, 5.74) is 16.1. The standard InChI is InChI=1S/C19H25N5.4ClH/c1-22-6-8-23(9-7-22)10-11-24-18-12-14(20)2-4-16(18)17-5-3-15(21)13-19(17)24;;;;/h2-5,12-13H,6-11,20-21H2,1H3;4*1H. The third-order valence-electron chi connectivity index (χ3n) is 5.15. The average Bonchev–Trinajstić information content (AvgIpc) is 2.86. The van der Waals surface area contributed by atoms with Crippen LogP contribution in [0, 0.1) is 0 Å². The number of rotatable bonds is 3. The maximum absolute atomic E-state index is 6.04. The number of hydrogen-bond acceptors (Lipinski definition) is 4. The van der Waals surface area contributed by atoms with Crippen LogP contribution in [-0.2, 0) is 6.54 Å². The quantitative estimate of drug-likeness (QED) is 0.572. The average molecular weight is 469 g/mol. The lowest BCUT2D eigenvalue weighted by Gasteiger charge is -2.32. The van der Waals surface area contributed by atoms with Gasteiger partial charge in [0.1, 0.15) is 0 Å². The Morgan fingerprint density at radius 1 is 0.714 bits per heavy atom. The SMILES string of the molecule is CN1CCN(CCn2c3cc(N)ccc3c3ccc(N)cc32)CC1.Cl.Cl.Cl.Cl. The lowest BCUT2D eigenvalue weighted by atomic mass is 10.1. The van der Waals surface area contributed by atoms with Crippen molar-refractivity contribution in [3.8, 4) is 0 Å². The molecule has 1 aromatic heterocycles. The number of nitrogen functional groups attached to an aromatic ring is 2. The molecule has 1 aliphatic rings. The van der Waals surface area contributed by atoms with Crippen molar-refractivity contribution in [1.82, 2.24) is 14.4 Å². The van der Waals surface area contributed by atoms with E-state index in [2.05, 4.69) is 45.7 Å². The van der Waals surface area contributed by atoms with Crippen molar-refractivity contribution in [2.75, 3.05) is 51.2 Å². The number of nitrogens with two attached hydrogens (primary N) is 2. The summed E-state index contributed by atoms with van der Waals surface area (Å²) in [7, 11) is 2.19. The molecule has 0 spiro atoms. The first-order valence-electron chi connectivity index (χ1n) is 8.60. The van der Waals surface area contributed by atoms with Gasteiger partial charge in [0.25, 0.3) is 0 Å². The molecule has 0 amide bonds. The van der Waals surface area contributed by atoms with E-state index in [1.54, 1.807) is 0 Å². The van der Waals surface area contributed by atoms with Crippen molar-refractivity contribution in [2.24, 2.45) is 0 Å². The topological polar surface area (TPSA) is 63.5 Å². The predicted octanol–water partition coefficient (Wildman–Crippen LogP) is 3.89. The fourth-order valence-electron chi connectivity index (χ4n) is 3.68. The van der Waals surface area contributed by atoms with Gasteiger partial charge < -0.3 is 20.9 Å². The van der Waals surface area contributed by atoms with Gasteiger partial charge in [-0.1, -0.05) is 12.1 Å². The van der Waals surface area contributed by atoms with E-state index in [4.69, 9.17) is 11.5 Å². The third-order valence-corrected chi connectivity index (χ3v) is 5.15. The van der Waals surface area contributed by atoms with Gasteiger partial charge >= 0.3 is 0 Å². The Morgan fingerprint density at radius 2 is 1.18 bits per heavy atom. The summed E-state index contributed by atoms with van der Waals surface area (Å²) in [5.74, 6) is 0. The van der Waals surface area contributed by atoms with E-state index in [-0.39, 0.29) is 49.6 Å². The Labute approximate surface area is 191 Å². The molecule has 3 aromatic rings. The Balaban J connectivity index is 0.00000182. The molecule has 0 aliphatic carbocycles. The van der Waals surface area contributed by atoms with Crippen molar-refractivity contribution in [3.63, 3.8) is 0 Å². The van der Waals surface area contributed by atoms with Crippen molar-refractivity contribution < 1.29 is 0 Å². The molecule has 0 unspecified atom stereocenters. The first kappa shape index (κ1) is 26.9. The van der Waals surface area contributed by atoms with Gasteiger partial charge in [0, 0.05) is 61.4 Å². The van der Waals surface area contributed by atoms with Gasteiger partial charge in [0.15, 0.2) is 0 Å². The first-order chi connectivity index (χ1) is 11.6. The number of hydrogen-bond donors (Lipinski definition) is 2. The van der Waals surface area contributed by atoms with Crippen LogP contribution in [0.25, 0.3) is 21.8 Å². The van der Waals surface area contributed by atoms with Crippen molar-refractivity contribution in [2.45, 2.75) is 6.54 Å². The summed E-state index contributed by atoms with van der Waals surface area (Å²) >= 11 is 0. The minimum absolute atomic E-state index is 0. The highest BCUT2D eigenvalue weighted by Gasteiger charge is 2.15. The number of anilines is 2. The molecular weight excluding hydrogens is 440 g/mol. The Hall–Kier alpha value is -1.08. The van der Waals surface area contributed by atoms with Gasteiger partial charge in [0.05, 0.1) is 11.0 Å². The van der Waals surface area contributed by atoms with E-state index in [1.165, 1.54) is 21.8 Å². The largest absolute Gasteiger partial charge is 0.399 e. The zero-order valence-corrected chi connectivity index (χ0v) is 19.1. The second-order valence-corrected chi connectivity index (χ2v) is 6.85. The van der Waals surface area contributed by atoms with Gasteiger partial charge in [-0.15, -0.1) is 49.6 Å². The maximum Gasteiger partial charge on any atom is 0.0512 e. The molecule has 28 heavy (non-hydrogen) atoms. The molecule has 0 atom stereocenters. The van der Waals surface area contributed by atoms with Crippen molar-refractivity contribution in [1.29, 1.82) is 0 Å². The first-order valence-corrected chi connectivity index (χ1v) is 8.60. The highest BCUT2D eigenvalue weighted by atomic mass is 35.5. The van der Waals surface area contributed by atoms with Crippen LogP contribution in [0.3, 0.4) is 0 Å². The Kier molecular flexibility index (Phi) is 10.8. The predicted molar refractivity (Wildman–Crippen MR) is 131 cm³/mol. The van der Waals surface area contributed by atoms with Crippen LogP contribution in [0.2, 0.25) is 0 Å². The lowest BCUT2D eigenvalue weighted by molar-refractivity contribution is 0.151. The summed E-state index contributed by atoms with van der Waals surface area (Å²) in [6.07, 6.45) is 0. The van der Waals surface area contributed by atoms with E-state index in [0.717, 1.165) is 50.6 Å². The number of nitrogens with zero attached hydrogens (tertiary/aromatic N) is 3. The second kappa shape index (κ2) is 11.2. The molecule has 4 rings (SSSR count). The summed E-state index contributed by atoms with van der Waals surface area (Å²) in [6, 6.07) is 12.3. The molecule has 158 valence electrons. The van der Waals surface area contributed by atoms with Crippen molar-refractivity contribution in [3.05, 3.63) is 36.4 Å². The van der Waals surface area contributed by atoms with E-state index in [0.29, 0.717) is 0 Å². The molecule has 1 fully saturated rings. The number of halogens is 4. The molecule has 0 radical (unpaired) electrons. The molecule has 2 aromatic carbocycles. The normalized spacial score (nSPS) is 14.6. The van der Waals surface area contributed by atoms with Crippen LogP contribution in [-0.4, -0.2) is 54.1 Å². The molecule has 9 heteroatoms. The van der Waals surface area contributed by atoms with Crippen molar-refractivity contribution >= 4 is 82.8 Å². The van der Waals surface area contributed by atoms with Gasteiger partial charge in [-0.2, -0.15) is 0 Å². The van der Waals surface area contributed by atoms with E-state index in [1.807, 2.05) is 12.1 Å². The van der Waals surface area contributed by atoms with E-state index >= 15 is 0 Å². The summed E-state index contributed by atoms with van der Waals surface area (Å²) in [4.78, 5) is 4.93. The molecule has 0 bridgehead atoms. The van der Waals surface area contributed by atoms with Crippen LogP contribution in [0.4, 0.5) is 11.4 Å². The summed E-state index contributed by atoms with van der Waals surface area (Å²) in [6.45, 7) is 6.57. The molecule has 5 nitrogen and oxygen atoms in total. The summed E-state index contributed by atoms with van der Waals surface area (Å²) < 4.78 is 2.37. The monoisotopic (exact) mass is 467 g/mol. The molecule has 1 saturated heterocycles.